The zero-order valence-electron chi connectivity index (χ0n) is 11.5. The van der Waals surface area contributed by atoms with E-state index in [1.807, 2.05) is 42.5 Å². The van der Waals surface area contributed by atoms with Gasteiger partial charge in [0.05, 0.1) is 6.61 Å². The first-order valence-electron chi connectivity index (χ1n) is 6.81. The number of para-hydroxylation sites is 1. The summed E-state index contributed by atoms with van der Waals surface area (Å²) < 4.78 is 11.4. The molecule has 1 amide bonds. The molecule has 1 aromatic heterocycles. The Morgan fingerprint density at radius 1 is 1.14 bits per heavy atom. The van der Waals surface area contributed by atoms with Crippen LogP contribution >= 0.6 is 0 Å². The van der Waals surface area contributed by atoms with Gasteiger partial charge < -0.3 is 9.15 Å². The van der Waals surface area contributed by atoms with Crippen molar-refractivity contribution in [3.63, 3.8) is 0 Å². The molecule has 0 saturated carbocycles. The Morgan fingerprint density at radius 3 is 2.81 bits per heavy atom. The van der Waals surface area contributed by atoms with Crippen LogP contribution in [0.5, 0.6) is 5.75 Å². The van der Waals surface area contributed by atoms with Gasteiger partial charge in [-0.15, -0.1) is 0 Å². The Kier molecular flexibility index (Phi) is 3.75. The molecular formula is C16H16N2O3. The van der Waals surface area contributed by atoms with Crippen LogP contribution in [0.15, 0.2) is 46.9 Å². The molecule has 3 rings (SSSR count). The summed E-state index contributed by atoms with van der Waals surface area (Å²) >= 11 is 0. The predicted molar refractivity (Wildman–Crippen MR) is 80.8 cm³/mol. The van der Waals surface area contributed by atoms with Crippen molar-refractivity contribution in [3.05, 3.63) is 42.5 Å². The van der Waals surface area contributed by atoms with Crippen LogP contribution in [0.4, 0.5) is 0 Å². The summed E-state index contributed by atoms with van der Waals surface area (Å²) in [7, 11) is 0. The molecular weight excluding hydrogens is 268 g/mol. The number of ether oxygens (including phenoxy) is 1. The van der Waals surface area contributed by atoms with Crippen LogP contribution < -0.4 is 16.0 Å². The van der Waals surface area contributed by atoms with Crippen molar-refractivity contribution in [2.75, 3.05) is 6.61 Å². The summed E-state index contributed by atoms with van der Waals surface area (Å²) in [6.45, 7) is 0.467. The number of carbonyl (C=O) groups is 1. The van der Waals surface area contributed by atoms with E-state index < -0.39 is 0 Å². The number of nitrogens with two attached hydrogens (primary N) is 1. The van der Waals surface area contributed by atoms with Crippen molar-refractivity contribution in [3.8, 4) is 5.75 Å². The van der Waals surface area contributed by atoms with E-state index in [1.165, 1.54) is 0 Å². The number of benzene rings is 2. The second-order valence-corrected chi connectivity index (χ2v) is 4.78. The molecule has 3 aromatic rings. The van der Waals surface area contributed by atoms with Crippen molar-refractivity contribution < 1.29 is 13.9 Å². The van der Waals surface area contributed by atoms with Gasteiger partial charge in [0, 0.05) is 17.2 Å². The Bertz CT molecular complexity index is 779. The lowest BCUT2D eigenvalue weighted by Gasteiger charge is -2.05. The minimum atomic E-state index is -0.185. The molecule has 1 heterocycles. The van der Waals surface area contributed by atoms with Gasteiger partial charge >= 0.3 is 0 Å². The van der Waals surface area contributed by atoms with E-state index in [4.69, 9.17) is 15.0 Å². The number of nitrogens with one attached hydrogen (secondary N) is 1. The molecule has 5 heteroatoms. The van der Waals surface area contributed by atoms with Gasteiger partial charge in [0.25, 0.3) is 0 Å². The van der Waals surface area contributed by atoms with Crippen molar-refractivity contribution in [1.29, 1.82) is 0 Å². The van der Waals surface area contributed by atoms with Crippen LogP contribution in [-0.2, 0) is 4.79 Å². The number of rotatable bonds is 5. The van der Waals surface area contributed by atoms with Crippen LogP contribution in [0.3, 0.4) is 0 Å². The zero-order chi connectivity index (χ0) is 14.7. The zero-order valence-corrected chi connectivity index (χ0v) is 11.5. The van der Waals surface area contributed by atoms with Crippen LogP contribution in [-0.4, -0.2) is 12.5 Å². The lowest BCUT2D eigenvalue weighted by atomic mass is 10.1. The maximum atomic E-state index is 11.0. The Labute approximate surface area is 121 Å². The van der Waals surface area contributed by atoms with Gasteiger partial charge in [-0.1, -0.05) is 18.2 Å². The molecule has 0 atom stereocenters. The van der Waals surface area contributed by atoms with Crippen LogP contribution in [0.1, 0.15) is 12.8 Å². The summed E-state index contributed by atoms with van der Waals surface area (Å²) in [6, 6.07) is 13.6. The van der Waals surface area contributed by atoms with Crippen LogP contribution in [0.25, 0.3) is 21.9 Å². The molecule has 0 aliphatic rings. The fraction of sp³-hybridized carbons (Fsp3) is 0.188. The quantitative estimate of drug-likeness (QED) is 0.327. The van der Waals surface area contributed by atoms with E-state index in [0.29, 0.717) is 19.4 Å². The van der Waals surface area contributed by atoms with E-state index in [1.54, 1.807) is 0 Å². The van der Waals surface area contributed by atoms with Gasteiger partial charge in [-0.2, -0.15) is 0 Å². The summed E-state index contributed by atoms with van der Waals surface area (Å²) in [6.07, 6.45) is 0.973. The molecule has 3 N–H and O–H groups in total. The highest BCUT2D eigenvalue weighted by atomic mass is 16.5. The standard InChI is InChI=1S/C16H16N2O3/c17-18-16(19)6-3-9-20-11-7-8-15-13(10-11)12-4-1-2-5-14(12)21-15/h1-2,4-5,7-8,10H,3,6,9,17H2,(H,18,19). The monoisotopic (exact) mass is 284 g/mol. The smallest absolute Gasteiger partial charge is 0.234 e. The fourth-order valence-corrected chi connectivity index (χ4v) is 2.29. The summed E-state index contributed by atoms with van der Waals surface area (Å²) in [5.41, 5.74) is 3.80. The molecule has 0 spiro atoms. The van der Waals surface area contributed by atoms with Gasteiger partial charge in [-0.25, -0.2) is 5.84 Å². The van der Waals surface area contributed by atoms with E-state index in [9.17, 15) is 4.79 Å². The molecule has 0 radical (unpaired) electrons. The Hall–Kier alpha value is -2.53. The first-order valence-corrected chi connectivity index (χ1v) is 6.81. The molecule has 0 aliphatic carbocycles. The molecule has 5 nitrogen and oxygen atoms in total. The van der Waals surface area contributed by atoms with E-state index in [-0.39, 0.29) is 5.91 Å². The third-order valence-corrected chi connectivity index (χ3v) is 3.33. The molecule has 0 fully saturated rings. The van der Waals surface area contributed by atoms with Crippen molar-refractivity contribution in [2.45, 2.75) is 12.8 Å². The Balaban J connectivity index is 1.74. The van der Waals surface area contributed by atoms with Gasteiger partial charge in [0.2, 0.25) is 5.91 Å². The van der Waals surface area contributed by atoms with Gasteiger partial charge in [0.15, 0.2) is 0 Å². The lowest BCUT2D eigenvalue weighted by Crippen LogP contribution is -2.29. The van der Waals surface area contributed by atoms with Crippen molar-refractivity contribution >= 4 is 27.8 Å². The highest BCUT2D eigenvalue weighted by Gasteiger charge is 2.07. The number of hydrogen-bond acceptors (Lipinski definition) is 4. The molecule has 0 bridgehead atoms. The summed E-state index contributed by atoms with van der Waals surface area (Å²) in [5.74, 6) is 5.60. The molecule has 0 aliphatic heterocycles. The highest BCUT2D eigenvalue weighted by Crippen LogP contribution is 2.31. The molecule has 0 unspecified atom stereocenters. The van der Waals surface area contributed by atoms with Crippen molar-refractivity contribution in [2.24, 2.45) is 5.84 Å². The minimum Gasteiger partial charge on any atom is -0.494 e. The van der Waals surface area contributed by atoms with Gasteiger partial charge in [-0.3, -0.25) is 10.2 Å². The normalized spacial score (nSPS) is 10.9. The maximum absolute atomic E-state index is 11.0. The van der Waals surface area contributed by atoms with Crippen molar-refractivity contribution in [1.82, 2.24) is 5.43 Å². The minimum absolute atomic E-state index is 0.185. The van der Waals surface area contributed by atoms with Crippen LogP contribution in [0.2, 0.25) is 0 Å². The Morgan fingerprint density at radius 2 is 1.95 bits per heavy atom. The summed E-state index contributed by atoms with van der Waals surface area (Å²) in [4.78, 5) is 11.0. The number of hydrogen-bond donors (Lipinski definition) is 2. The SMILES string of the molecule is NNC(=O)CCCOc1ccc2oc3ccccc3c2c1. The predicted octanol–water partition coefficient (Wildman–Crippen LogP) is 2.73. The van der Waals surface area contributed by atoms with E-state index >= 15 is 0 Å². The fourth-order valence-electron chi connectivity index (χ4n) is 2.29. The van der Waals surface area contributed by atoms with Gasteiger partial charge in [0.1, 0.15) is 16.9 Å². The first kappa shape index (κ1) is 13.5. The van der Waals surface area contributed by atoms with E-state index in [0.717, 1.165) is 27.7 Å². The molecule has 21 heavy (non-hydrogen) atoms. The number of hydrazine groups is 1. The second-order valence-electron chi connectivity index (χ2n) is 4.78. The average molecular weight is 284 g/mol. The third kappa shape index (κ3) is 2.83. The van der Waals surface area contributed by atoms with E-state index in [2.05, 4.69) is 5.43 Å². The average Bonchev–Trinajstić information content (AvgIpc) is 2.89. The largest absolute Gasteiger partial charge is 0.494 e. The van der Waals surface area contributed by atoms with Crippen LogP contribution in [0, 0.1) is 0 Å². The first-order chi connectivity index (χ1) is 10.3. The molecule has 2 aromatic carbocycles. The highest BCUT2D eigenvalue weighted by molar-refractivity contribution is 6.05. The topological polar surface area (TPSA) is 77.5 Å². The lowest BCUT2D eigenvalue weighted by molar-refractivity contribution is -0.121. The molecule has 108 valence electrons. The number of carbonyl (C=O) groups excluding carboxylic acids is 1. The second kappa shape index (κ2) is 5.85. The number of fused-ring (bicyclic) bond motifs is 3. The third-order valence-electron chi connectivity index (χ3n) is 3.33. The number of amides is 1. The maximum Gasteiger partial charge on any atom is 0.234 e. The molecule has 0 saturated heterocycles. The van der Waals surface area contributed by atoms with Gasteiger partial charge in [-0.05, 0) is 30.7 Å². The summed E-state index contributed by atoms with van der Waals surface area (Å²) in [5, 5.41) is 2.10. The number of furan rings is 1.